The van der Waals surface area contributed by atoms with Crippen molar-refractivity contribution >= 4 is 28.8 Å². The van der Waals surface area contributed by atoms with Crippen molar-refractivity contribution in [1.29, 1.82) is 0 Å². The minimum Gasteiger partial charge on any atom is -0.466 e. The maximum Gasteiger partial charge on any atom is 0.338 e. The van der Waals surface area contributed by atoms with E-state index in [4.69, 9.17) is 9.73 Å². The number of carbonyl (C=O) groups is 2. The molecule has 0 aromatic heterocycles. The number of hydrogen-bond acceptors (Lipinski definition) is 6. The third kappa shape index (κ3) is 3.78. The minimum absolute atomic E-state index is 0.133. The number of allylic oxidation sites excluding steroid dienone is 1. The lowest BCUT2D eigenvalue weighted by atomic mass is 9.92. The maximum atomic E-state index is 12.9. The maximum absolute atomic E-state index is 12.9. The van der Waals surface area contributed by atoms with E-state index in [0.717, 1.165) is 53.6 Å². The zero-order valence-corrected chi connectivity index (χ0v) is 18.5. The highest BCUT2D eigenvalue weighted by atomic mass is 32.2. The molecule has 1 aromatic rings. The molecular formula is C23H27N3O3S. The quantitative estimate of drug-likeness (QED) is 0.664. The number of benzene rings is 1. The van der Waals surface area contributed by atoms with Crippen LogP contribution in [0.3, 0.4) is 0 Å². The number of likely N-dealkylation sites (tertiary alicyclic amines) is 1. The van der Waals surface area contributed by atoms with Gasteiger partial charge in [0, 0.05) is 18.8 Å². The molecule has 0 aliphatic carbocycles. The molecule has 6 nitrogen and oxygen atoms in total. The van der Waals surface area contributed by atoms with Crippen molar-refractivity contribution in [3.8, 4) is 0 Å². The van der Waals surface area contributed by atoms with Gasteiger partial charge in [-0.05, 0) is 37.2 Å². The first-order chi connectivity index (χ1) is 14.5. The lowest BCUT2D eigenvalue weighted by molar-refractivity contribution is -0.136. The number of rotatable bonds is 5. The second-order valence-corrected chi connectivity index (χ2v) is 8.61. The van der Waals surface area contributed by atoms with Crippen LogP contribution in [0.1, 0.15) is 49.8 Å². The third-order valence-corrected chi connectivity index (χ3v) is 6.70. The number of carbonyl (C=O) groups excluding carboxylic acids is 2. The Bertz CT molecular complexity index is 943. The average Bonchev–Trinajstić information content (AvgIpc) is 3.43. The topological polar surface area (TPSA) is 62.2 Å². The predicted octanol–water partition coefficient (Wildman–Crippen LogP) is 4.15. The fraction of sp³-hybridized carbons (Fsp3) is 0.435. The van der Waals surface area contributed by atoms with Crippen LogP contribution in [0.4, 0.5) is 0 Å². The number of esters is 1. The van der Waals surface area contributed by atoms with Gasteiger partial charge >= 0.3 is 5.97 Å². The largest absolute Gasteiger partial charge is 0.466 e. The van der Waals surface area contributed by atoms with Gasteiger partial charge in [0.1, 0.15) is 0 Å². The molecule has 1 atom stereocenters. The van der Waals surface area contributed by atoms with Gasteiger partial charge in [0.15, 0.2) is 5.17 Å². The number of nitrogens with zero attached hydrogens (tertiary/aromatic N) is 3. The Morgan fingerprint density at radius 3 is 2.53 bits per heavy atom. The molecule has 1 fully saturated rings. The van der Waals surface area contributed by atoms with E-state index in [1.54, 1.807) is 0 Å². The predicted molar refractivity (Wildman–Crippen MR) is 119 cm³/mol. The lowest BCUT2D eigenvalue weighted by Crippen LogP contribution is -2.38. The monoisotopic (exact) mass is 425 g/mol. The summed E-state index contributed by atoms with van der Waals surface area (Å²) in [5.74, 6) is -0.240. The molecule has 4 rings (SSSR count). The number of hydrogen-bond donors (Lipinski definition) is 0. The van der Waals surface area contributed by atoms with Gasteiger partial charge in [-0.3, -0.25) is 4.79 Å². The fourth-order valence-electron chi connectivity index (χ4n) is 4.21. The van der Waals surface area contributed by atoms with Crippen LogP contribution in [0.5, 0.6) is 0 Å². The average molecular weight is 426 g/mol. The summed E-state index contributed by atoms with van der Waals surface area (Å²) in [6, 6.07) is 7.82. The number of amidine groups is 1. The Kier molecular flexibility index (Phi) is 5.99. The summed E-state index contributed by atoms with van der Waals surface area (Å²) in [4.78, 5) is 34.4. The minimum atomic E-state index is -0.373. The molecule has 7 heteroatoms. The smallest absolute Gasteiger partial charge is 0.338 e. The molecule has 0 unspecified atom stereocenters. The first kappa shape index (κ1) is 20.7. The first-order valence-electron chi connectivity index (χ1n) is 10.4. The Morgan fingerprint density at radius 1 is 1.20 bits per heavy atom. The van der Waals surface area contributed by atoms with Gasteiger partial charge in [-0.15, -0.1) is 0 Å². The van der Waals surface area contributed by atoms with E-state index in [2.05, 4.69) is 4.90 Å². The van der Waals surface area contributed by atoms with Gasteiger partial charge < -0.3 is 14.5 Å². The van der Waals surface area contributed by atoms with E-state index >= 15 is 0 Å². The highest BCUT2D eigenvalue weighted by molar-refractivity contribution is 8.16. The molecule has 3 aliphatic heterocycles. The van der Waals surface area contributed by atoms with Gasteiger partial charge in [-0.1, -0.05) is 48.5 Å². The summed E-state index contributed by atoms with van der Waals surface area (Å²) in [6.07, 6.45) is 3.07. The highest BCUT2D eigenvalue weighted by Gasteiger charge is 2.41. The van der Waals surface area contributed by atoms with Crippen molar-refractivity contribution < 1.29 is 14.3 Å². The molecule has 3 aliphatic rings. The normalized spacial score (nSPS) is 20.8. The molecule has 30 heavy (non-hydrogen) atoms. The summed E-state index contributed by atoms with van der Waals surface area (Å²) >= 11 is 1.52. The van der Waals surface area contributed by atoms with Gasteiger partial charge in [-0.25, -0.2) is 9.79 Å². The molecule has 1 amide bonds. The number of aryl methyl sites for hydroxylation is 1. The van der Waals surface area contributed by atoms with E-state index in [1.807, 2.05) is 48.4 Å². The van der Waals surface area contributed by atoms with Crippen LogP contribution in [0.25, 0.3) is 0 Å². The molecule has 3 heterocycles. The molecule has 0 bridgehead atoms. The summed E-state index contributed by atoms with van der Waals surface area (Å²) in [5.41, 5.74) is 4.32. The molecule has 1 saturated heterocycles. The Hall–Kier alpha value is -2.54. The number of ether oxygens (including phenoxy) is 1. The summed E-state index contributed by atoms with van der Waals surface area (Å²) < 4.78 is 5.15. The number of fused-ring (bicyclic) bond motifs is 1. The highest BCUT2D eigenvalue weighted by Crippen LogP contribution is 2.45. The van der Waals surface area contributed by atoms with E-state index in [0.29, 0.717) is 18.4 Å². The van der Waals surface area contributed by atoms with Gasteiger partial charge in [0.05, 0.1) is 30.8 Å². The fourth-order valence-corrected chi connectivity index (χ4v) is 5.15. The van der Waals surface area contributed by atoms with Crippen molar-refractivity contribution in [3.63, 3.8) is 0 Å². The van der Waals surface area contributed by atoms with Crippen LogP contribution in [-0.4, -0.2) is 47.0 Å². The van der Waals surface area contributed by atoms with E-state index in [-0.39, 0.29) is 17.9 Å². The molecule has 0 N–H and O–H groups in total. The molecule has 0 spiro atoms. The van der Waals surface area contributed by atoms with Gasteiger partial charge in [0.2, 0.25) is 5.91 Å². The van der Waals surface area contributed by atoms with E-state index in [9.17, 15) is 9.59 Å². The molecular weight excluding hydrogens is 398 g/mol. The van der Waals surface area contributed by atoms with E-state index < -0.39 is 0 Å². The number of thioether (sulfide) groups is 1. The zero-order valence-electron chi connectivity index (χ0n) is 17.7. The van der Waals surface area contributed by atoms with Gasteiger partial charge in [0.25, 0.3) is 0 Å². The van der Waals surface area contributed by atoms with Crippen molar-refractivity contribution in [2.45, 2.75) is 45.6 Å². The van der Waals surface area contributed by atoms with Crippen molar-refractivity contribution in [3.05, 3.63) is 57.8 Å². The van der Waals surface area contributed by atoms with Crippen LogP contribution in [0.2, 0.25) is 0 Å². The molecule has 0 saturated carbocycles. The third-order valence-electron chi connectivity index (χ3n) is 5.81. The van der Waals surface area contributed by atoms with Gasteiger partial charge in [-0.2, -0.15) is 0 Å². The summed E-state index contributed by atoms with van der Waals surface area (Å²) in [5, 5.41) is 2.82. The summed E-state index contributed by atoms with van der Waals surface area (Å²) in [7, 11) is 1.40. The molecule has 1 aromatic carbocycles. The van der Waals surface area contributed by atoms with Crippen molar-refractivity contribution in [1.82, 2.24) is 9.80 Å². The molecule has 0 radical (unpaired) electrons. The zero-order chi connectivity index (χ0) is 21.3. The van der Waals surface area contributed by atoms with Crippen LogP contribution >= 0.6 is 11.8 Å². The van der Waals surface area contributed by atoms with Crippen LogP contribution in [0.15, 0.2) is 51.6 Å². The Morgan fingerprint density at radius 2 is 1.90 bits per heavy atom. The van der Waals surface area contributed by atoms with Crippen LogP contribution in [0, 0.1) is 6.92 Å². The second-order valence-electron chi connectivity index (χ2n) is 7.77. The number of amides is 1. The molecule has 158 valence electrons. The first-order valence-corrected chi connectivity index (χ1v) is 11.3. The Labute approximate surface area is 181 Å². The van der Waals surface area contributed by atoms with Crippen LogP contribution in [-0.2, 0) is 14.3 Å². The Balaban J connectivity index is 1.74. The number of aliphatic imine (C=N–C) groups is 1. The second kappa shape index (κ2) is 8.68. The standard InChI is InChI=1S/C23H27N3O3S/c1-4-18-20(22(28)29-3)21(16-9-7-15(2)8-10-16)26-17(14-30-23(26)24-18)13-19(27)25-11-5-6-12-25/h7-10,14,21H,4-6,11-13H2,1-3H3/t21-/m1/s1. The SMILES string of the molecule is CCC1=C(C(=O)OC)[C@@H](c2ccc(C)cc2)N2C(CC(=O)N3CCCC3)=CSC2=N1. The van der Waals surface area contributed by atoms with Crippen molar-refractivity contribution in [2.75, 3.05) is 20.2 Å². The number of methoxy groups -OCH3 is 1. The lowest BCUT2D eigenvalue weighted by Gasteiger charge is -2.36. The van der Waals surface area contributed by atoms with Crippen molar-refractivity contribution in [2.24, 2.45) is 4.99 Å². The summed E-state index contributed by atoms with van der Waals surface area (Å²) in [6.45, 7) is 5.69. The van der Waals surface area contributed by atoms with Crippen LogP contribution < -0.4 is 0 Å². The van der Waals surface area contributed by atoms with E-state index in [1.165, 1.54) is 18.9 Å².